The molecule has 244 valence electrons. The lowest BCUT2D eigenvalue weighted by molar-refractivity contribution is -0.149. The zero-order valence-electron chi connectivity index (χ0n) is 26.8. The molecule has 0 bridgehead atoms. The van der Waals surface area contributed by atoms with Crippen molar-refractivity contribution in [2.45, 2.75) is 66.2 Å². The zero-order valence-corrected chi connectivity index (χ0v) is 29.4. The van der Waals surface area contributed by atoms with Crippen LogP contribution in [0.5, 0.6) is 0 Å². The Kier molecular flexibility index (Phi) is 15.4. The molecule has 1 fully saturated rings. The first-order valence-corrected chi connectivity index (χ1v) is 18.6. The molecule has 3 rings (SSSR count). The molecule has 0 amide bonds. The van der Waals surface area contributed by atoms with Gasteiger partial charge >= 0.3 is 17.9 Å². The second kappa shape index (κ2) is 17.9. The lowest BCUT2D eigenvalue weighted by Gasteiger charge is -2.21. The van der Waals surface area contributed by atoms with Crippen molar-refractivity contribution < 1.29 is 42.1 Å². The lowest BCUT2D eigenvalue weighted by Crippen LogP contribution is -2.24. The van der Waals surface area contributed by atoms with Gasteiger partial charge in [-0.15, -0.1) is 0 Å². The summed E-state index contributed by atoms with van der Waals surface area (Å²) in [5.74, 6) is -0.00324. The number of carbonyl (C=O) groups is 3. The first-order valence-electron chi connectivity index (χ1n) is 14.4. The highest BCUT2D eigenvalue weighted by Gasteiger charge is 2.61. The molecule has 1 heterocycles. The fourth-order valence-electron chi connectivity index (χ4n) is 4.52. The van der Waals surface area contributed by atoms with Gasteiger partial charge in [0.25, 0.3) is 0 Å². The third-order valence-electron chi connectivity index (χ3n) is 6.90. The Balaban J connectivity index is 0.000000321. The smallest absolute Gasteiger partial charge is 0.320 e. The normalized spacial score (nSPS) is 17.4. The van der Waals surface area contributed by atoms with Crippen LogP contribution in [-0.4, -0.2) is 50.6 Å². The van der Waals surface area contributed by atoms with Crippen LogP contribution < -0.4 is 0 Å². The quantitative estimate of drug-likeness (QED) is 0.0827. The second-order valence-corrected chi connectivity index (χ2v) is 17.5. The number of esters is 3. The van der Waals surface area contributed by atoms with E-state index in [2.05, 4.69) is 45.9 Å². The van der Waals surface area contributed by atoms with Gasteiger partial charge in [-0.3, -0.25) is 14.4 Å². The van der Waals surface area contributed by atoms with E-state index < -0.39 is 22.9 Å². The third-order valence-corrected chi connectivity index (χ3v) is 12.8. The van der Waals surface area contributed by atoms with Crippen molar-refractivity contribution in [3.8, 4) is 0 Å². The van der Waals surface area contributed by atoms with Crippen LogP contribution in [0.3, 0.4) is 0 Å². The minimum atomic E-state index is -2.65. The fraction of sp³-hybridized carbons (Fsp3) is 0.531. The van der Waals surface area contributed by atoms with Crippen molar-refractivity contribution in [1.29, 1.82) is 0 Å². The van der Waals surface area contributed by atoms with E-state index in [1.807, 2.05) is 24.3 Å². The van der Waals surface area contributed by atoms with Gasteiger partial charge in [-0.25, -0.2) is 0 Å². The Morgan fingerprint density at radius 2 is 1.66 bits per heavy atom. The molecule has 0 N–H and O–H groups in total. The zero-order chi connectivity index (χ0) is 32.9. The number of rotatable bonds is 15. The van der Waals surface area contributed by atoms with Crippen LogP contribution in [0.2, 0.25) is 0 Å². The van der Waals surface area contributed by atoms with Gasteiger partial charge in [0.2, 0.25) is 5.69 Å². The van der Waals surface area contributed by atoms with E-state index in [0.717, 1.165) is 29.1 Å². The SMILES string of the molecule is CC(C)=C[C@@H]1[C@@H](C(=O)OCc2coc(Cc3ccccc3)c2)C1(C)C.CCOC(=O)CC(SP(=S)(OC)OC)C(=O)OCC. The summed E-state index contributed by atoms with van der Waals surface area (Å²) in [5, 5.41) is -0.787. The van der Waals surface area contributed by atoms with Crippen LogP contribution in [-0.2, 0) is 62.5 Å². The van der Waals surface area contributed by atoms with Gasteiger partial charge in [0.1, 0.15) is 17.6 Å². The van der Waals surface area contributed by atoms with E-state index in [0.29, 0.717) is 0 Å². The van der Waals surface area contributed by atoms with Gasteiger partial charge < -0.3 is 27.7 Å². The predicted molar refractivity (Wildman–Crippen MR) is 176 cm³/mol. The highest BCUT2D eigenvalue weighted by molar-refractivity contribution is 8.68. The maximum Gasteiger partial charge on any atom is 0.320 e. The highest BCUT2D eigenvalue weighted by Crippen LogP contribution is 2.62. The first kappa shape index (κ1) is 37.8. The number of furan rings is 1. The molecule has 1 aliphatic carbocycles. The van der Waals surface area contributed by atoms with Crippen LogP contribution in [0.15, 0.2) is 58.7 Å². The number of hydrogen-bond donors (Lipinski definition) is 0. The molecule has 0 spiro atoms. The van der Waals surface area contributed by atoms with E-state index in [1.54, 1.807) is 20.1 Å². The summed E-state index contributed by atoms with van der Waals surface area (Å²) in [5.41, 5.74) is 0.683. The molecule has 0 saturated heterocycles. The Hall–Kier alpha value is -2.43. The predicted octanol–water partition coefficient (Wildman–Crippen LogP) is 7.27. The maximum atomic E-state index is 12.4. The molecule has 3 atom stereocenters. The van der Waals surface area contributed by atoms with E-state index >= 15 is 0 Å². The topological polar surface area (TPSA) is 111 Å². The van der Waals surface area contributed by atoms with Gasteiger partial charge in [-0.05, 0) is 62.5 Å². The largest absolute Gasteiger partial charge is 0.469 e. The van der Waals surface area contributed by atoms with Crippen molar-refractivity contribution in [2.75, 3.05) is 27.4 Å². The van der Waals surface area contributed by atoms with Crippen LogP contribution in [0.25, 0.3) is 0 Å². The molecule has 0 aliphatic heterocycles. The molecule has 1 aliphatic rings. The first-order chi connectivity index (χ1) is 20.8. The number of ether oxygens (including phenoxy) is 3. The van der Waals surface area contributed by atoms with Crippen molar-refractivity contribution in [1.82, 2.24) is 0 Å². The lowest BCUT2D eigenvalue weighted by atomic mass is 10.1. The summed E-state index contributed by atoms with van der Waals surface area (Å²) in [4.78, 5) is 35.7. The molecule has 9 nitrogen and oxygen atoms in total. The molecule has 12 heteroatoms. The van der Waals surface area contributed by atoms with E-state index in [4.69, 9.17) is 39.5 Å². The molecule has 1 aromatic heterocycles. The van der Waals surface area contributed by atoms with E-state index in [-0.39, 0.29) is 49.5 Å². The monoisotopic (exact) mass is 668 g/mol. The second-order valence-electron chi connectivity index (χ2n) is 10.9. The van der Waals surface area contributed by atoms with Crippen molar-refractivity contribution >= 4 is 46.8 Å². The molecular weight excluding hydrogens is 623 g/mol. The Morgan fingerprint density at radius 3 is 2.23 bits per heavy atom. The summed E-state index contributed by atoms with van der Waals surface area (Å²) in [6.07, 6.45) is 4.48. The summed E-state index contributed by atoms with van der Waals surface area (Å²) < 4.78 is 31.0. The van der Waals surface area contributed by atoms with Gasteiger partial charge in [-0.1, -0.05) is 67.2 Å². The fourth-order valence-corrected chi connectivity index (χ4v) is 8.39. The summed E-state index contributed by atoms with van der Waals surface area (Å²) in [6, 6.07) is 12.1. The molecule has 2 aromatic rings. The highest BCUT2D eigenvalue weighted by atomic mass is 32.9. The van der Waals surface area contributed by atoms with Gasteiger partial charge in [0, 0.05) is 26.2 Å². The van der Waals surface area contributed by atoms with Crippen LogP contribution in [0, 0.1) is 17.3 Å². The van der Waals surface area contributed by atoms with Gasteiger partial charge in [-0.2, -0.15) is 0 Å². The Bertz CT molecular complexity index is 1290. The van der Waals surface area contributed by atoms with E-state index in [1.165, 1.54) is 25.4 Å². The number of hydrogen-bond acceptors (Lipinski definition) is 11. The van der Waals surface area contributed by atoms with Crippen molar-refractivity contribution in [3.05, 3.63) is 71.2 Å². The average Bonchev–Trinajstić information content (AvgIpc) is 3.27. The molecule has 1 aromatic carbocycles. The third kappa shape index (κ3) is 11.8. The maximum absolute atomic E-state index is 12.4. The van der Waals surface area contributed by atoms with Crippen LogP contribution >= 0.6 is 17.1 Å². The van der Waals surface area contributed by atoms with Crippen LogP contribution in [0.1, 0.15) is 64.9 Å². The molecule has 44 heavy (non-hydrogen) atoms. The molecule has 0 radical (unpaired) electrons. The summed E-state index contributed by atoms with van der Waals surface area (Å²) in [7, 11) is 2.81. The number of benzene rings is 1. The number of carbonyl (C=O) groups excluding carboxylic acids is 3. The minimum Gasteiger partial charge on any atom is -0.469 e. The van der Waals surface area contributed by atoms with Crippen molar-refractivity contribution in [3.63, 3.8) is 0 Å². The van der Waals surface area contributed by atoms with Crippen molar-refractivity contribution in [2.24, 2.45) is 17.3 Å². The Labute approximate surface area is 270 Å². The minimum absolute atomic E-state index is 0.0107. The molecular formula is C32H45O9PS2. The standard InChI is InChI=1S/C22H26O3.C10H19O6PS2/c1-15(2)10-19-20(22(19,3)4)21(23)25-14-17-12-18(24-13-17)11-16-8-6-5-7-9-16;1-5-15-9(11)7-8(10(12)16-6-2)19-17(18,13-3)14-4/h5-10,12-13,19-20H,11,14H2,1-4H3;8H,5-7H2,1-4H3/t19-,20+;/m1./s1. The summed E-state index contributed by atoms with van der Waals surface area (Å²) in [6.45, 7) is 12.5. The number of allylic oxidation sites excluding steroid dienone is 2. The molecule has 1 unspecified atom stereocenters. The molecule has 1 saturated carbocycles. The van der Waals surface area contributed by atoms with Gasteiger partial charge in [0.15, 0.2) is 0 Å². The Morgan fingerprint density at radius 1 is 1.02 bits per heavy atom. The van der Waals surface area contributed by atoms with Crippen LogP contribution in [0.4, 0.5) is 0 Å². The summed E-state index contributed by atoms with van der Waals surface area (Å²) >= 11 is 6.17. The van der Waals surface area contributed by atoms with Gasteiger partial charge in [0.05, 0.1) is 31.8 Å². The van der Waals surface area contributed by atoms with E-state index in [9.17, 15) is 14.4 Å². The average molecular weight is 669 g/mol.